The van der Waals surface area contributed by atoms with Crippen molar-refractivity contribution < 1.29 is 0 Å². The van der Waals surface area contributed by atoms with Gasteiger partial charge in [-0.05, 0) is 49.6 Å². The van der Waals surface area contributed by atoms with Gasteiger partial charge in [-0.2, -0.15) is 0 Å². The Bertz CT molecular complexity index is 1840. The van der Waals surface area contributed by atoms with Crippen molar-refractivity contribution in [1.82, 2.24) is 18.8 Å². The van der Waals surface area contributed by atoms with E-state index in [1.165, 1.54) is 44.1 Å². The van der Waals surface area contributed by atoms with E-state index in [-0.39, 0.29) is 0 Å². The normalized spacial score (nSPS) is 11.9. The number of imidazole rings is 2. The molecule has 0 aliphatic heterocycles. The Kier molecular flexibility index (Phi) is 4.37. The highest BCUT2D eigenvalue weighted by Gasteiger charge is 2.18. The van der Waals surface area contributed by atoms with E-state index in [1.54, 1.807) is 0 Å². The third kappa shape index (κ3) is 2.81. The molecule has 4 nitrogen and oxygen atoms in total. The van der Waals surface area contributed by atoms with E-state index in [4.69, 9.17) is 9.97 Å². The predicted octanol–water partition coefficient (Wildman–Crippen LogP) is 7.86. The zero-order chi connectivity index (χ0) is 24.6. The molecule has 174 valence electrons. The Morgan fingerprint density at radius 1 is 0.472 bits per heavy atom. The molecule has 0 fully saturated rings. The van der Waals surface area contributed by atoms with Gasteiger partial charge in [0.15, 0.2) is 0 Å². The zero-order valence-electron chi connectivity index (χ0n) is 20.9. The Hall–Kier alpha value is -4.44. The highest BCUT2D eigenvalue weighted by Crippen LogP contribution is 2.35. The minimum atomic E-state index is 0.958. The van der Waals surface area contributed by atoms with E-state index in [0.717, 1.165) is 33.8 Å². The molecule has 0 bridgehead atoms. The molecule has 0 amide bonds. The fourth-order valence-corrected chi connectivity index (χ4v) is 5.60. The van der Waals surface area contributed by atoms with Crippen molar-refractivity contribution in [3.05, 3.63) is 108 Å². The van der Waals surface area contributed by atoms with Gasteiger partial charge < -0.3 is 8.80 Å². The zero-order valence-corrected chi connectivity index (χ0v) is 20.9. The van der Waals surface area contributed by atoms with E-state index in [2.05, 4.69) is 122 Å². The summed E-state index contributed by atoms with van der Waals surface area (Å²) in [5.41, 5.74) is 11.1. The van der Waals surface area contributed by atoms with Crippen LogP contribution in [0.1, 0.15) is 22.5 Å². The molecule has 0 saturated heterocycles. The molecule has 4 heteroatoms. The molecule has 0 aliphatic carbocycles. The first-order chi connectivity index (χ1) is 17.5. The van der Waals surface area contributed by atoms with Gasteiger partial charge in [0.1, 0.15) is 11.3 Å². The smallest absolute Gasteiger partial charge is 0.145 e. The maximum Gasteiger partial charge on any atom is 0.145 e. The highest BCUT2D eigenvalue weighted by molar-refractivity contribution is 5.99. The molecular formula is C32H26N4. The van der Waals surface area contributed by atoms with Crippen molar-refractivity contribution in [3.63, 3.8) is 0 Å². The molecule has 0 aliphatic rings. The Balaban J connectivity index is 1.49. The molecule has 0 unspecified atom stereocenters. The van der Waals surface area contributed by atoms with E-state index < -0.39 is 0 Å². The van der Waals surface area contributed by atoms with Gasteiger partial charge in [-0.3, -0.25) is 0 Å². The molecular weight excluding hydrogens is 440 g/mol. The number of hydrogen-bond acceptors (Lipinski definition) is 2. The topological polar surface area (TPSA) is 34.6 Å². The van der Waals surface area contributed by atoms with E-state index in [9.17, 15) is 0 Å². The number of rotatable bonds is 2. The van der Waals surface area contributed by atoms with E-state index in [0.29, 0.717) is 0 Å². The molecule has 0 saturated carbocycles. The van der Waals surface area contributed by atoms with Crippen LogP contribution in [0, 0.1) is 27.7 Å². The first kappa shape index (κ1) is 20.9. The minimum absolute atomic E-state index is 0.958. The highest BCUT2D eigenvalue weighted by atomic mass is 15.0. The molecule has 0 atom stereocenters. The van der Waals surface area contributed by atoms with Crippen molar-refractivity contribution in [2.45, 2.75) is 27.7 Å². The second-order valence-corrected chi connectivity index (χ2v) is 9.70. The van der Waals surface area contributed by atoms with Crippen LogP contribution in [0.2, 0.25) is 0 Å². The minimum Gasteiger partial charge on any atom is -0.303 e. The van der Waals surface area contributed by atoms with Crippen molar-refractivity contribution in [2.75, 3.05) is 0 Å². The second kappa shape index (κ2) is 7.53. The first-order valence-electron chi connectivity index (χ1n) is 12.4. The van der Waals surface area contributed by atoms with Crippen LogP contribution in [-0.2, 0) is 0 Å². The van der Waals surface area contributed by atoms with Gasteiger partial charge in [0.25, 0.3) is 0 Å². The summed E-state index contributed by atoms with van der Waals surface area (Å²) in [5.74, 6) is 0. The van der Waals surface area contributed by atoms with Gasteiger partial charge in [0, 0.05) is 45.7 Å². The summed E-state index contributed by atoms with van der Waals surface area (Å²) >= 11 is 0. The lowest BCUT2D eigenvalue weighted by atomic mass is 10.0. The first-order valence-corrected chi connectivity index (χ1v) is 12.4. The van der Waals surface area contributed by atoms with Crippen molar-refractivity contribution in [1.29, 1.82) is 0 Å². The summed E-state index contributed by atoms with van der Waals surface area (Å²) in [7, 11) is 0. The van der Waals surface area contributed by atoms with Crippen LogP contribution >= 0.6 is 0 Å². The van der Waals surface area contributed by atoms with Gasteiger partial charge in [-0.15, -0.1) is 0 Å². The predicted molar refractivity (Wildman–Crippen MR) is 149 cm³/mol. The number of aryl methyl sites for hydroxylation is 4. The summed E-state index contributed by atoms with van der Waals surface area (Å²) in [6.45, 7) is 8.72. The van der Waals surface area contributed by atoms with E-state index in [1.807, 2.05) is 0 Å². The molecule has 3 aromatic carbocycles. The maximum atomic E-state index is 5.16. The molecule has 36 heavy (non-hydrogen) atoms. The van der Waals surface area contributed by atoms with Gasteiger partial charge in [0.05, 0.1) is 11.4 Å². The number of pyridine rings is 2. The van der Waals surface area contributed by atoms with Gasteiger partial charge in [-0.25, -0.2) is 9.97 Å². The fraction of sp³-hybridized carbons (Fsp3) is 0.125. The summed E-state index contributed by atoms with van der Waals surface area (Å²) in [6, 6.07) is 25.5. The van der Waals surface area contributed by atoms with Gasteiger partial charge >= 0.3 is 0 Å². The van der Waals surface area contributed by atoms with Crippen LogP contribution in [-0.4, -0.2) is 18.8 Å². The van der Waals surface area contributed by atoms with Crippen LogP contribution in [0.25, 0.3) is 55.4 Å². The molecule has 0 spiro atoms. The number of fused-ring (bicyclic) bond motifs is 6. The third-order valence-electron chi connectivity index (χ3n) is 7.84. The number of hydrogen-bond donors (Lipinski definition) is 0. The Labute approximate surface area is 209 Å². The van der Waals surface area contributed by atoms with Gasteiger partial charge in [-0.1, -0.05) is 72.8 Å². The molecule has 0 N–H and O–H groups in total. The lowest BCUT2D eigenvalue weighted by Gasteiger charge is -2.09. The van der Waals surface area contributed by atoms with Crippen LogP contribution in [0.5, 0.6) is 0 Å². The maximum absolute atomic E-state index is 5.16. The number of nitrogens with zero attached hydrogens (tertiary/aromatic N) is 4. The van der Waals surface area contributed by atoms with Crippen molar-refractivity contribution in [3.8, 4) is 22.5 Å². The quantitative estimate of drug-likeness (QED) is 0.260. The monoisotopic (exact) mass is 466 g/mol. The third-order valence-corrected chi connectivity index (χ3v) is 7.84. The van der Waals surface area contributed by atoms with Crippen LogP contribution in [0.15, 0.2) is 85.2 Å². The molecule has 0 radical (unpaired) electrons. The van der Waals surface area contributed by atoms with Crippen molar-refractivity contribution in [2.24, 2.45) is 0 Å². The van der Waals surface area contributed by atoms with Crippen LogP contribution < -0.4 is 0 Å². The molecule has 7 aromatic rings. The SMILES string of the molecule is Cc1c(C)n2cc(-c3ccccc3-c3cn4c(C)c(C)c5ccccc5c4n3)nc2c2ccccc12. The summed E-state index contributed by atoms with van der Waals surface area (Å²) in [5, 5.41) is 4.86. The van der Waals surface area contributed by atoms with Crippen molar-refractivity contribution >= 4 is 32.8 Å². The largest absolute Gasteiger partial charge is 0.303 e. The Morgan fingerprint density at radius 3 is 1.25 bits per heavy atom. The second-order valence-electron chi connectivity index (χ2n) is 9.70. The molecule has 4 aromatic heterocycles. The van der Waals surface area contributed by atoms with Gasteiger partial charge in [0.2, 0.25) is 0 Å². The molecule has 7 rings (SSSR count). The van der Waals surface area contributed by atoms with Crippen LogP contribution in [0.3, 0.4) is 0 Å². The average Bonchev–Trinajstić information content (AvgIpc) is 3.56. The van der Waals surface area contributed by atoms with E-state index >= 15 is 0 Å². The fourth-order valence-electron chi connectivity index (χ4n) is 5.60. The summed E-state index contributed by atoms with van der Waals surface area (Å²) < 4.78 is 4.46. The standard InChI is InChI=1S/C32H26N4/c1-19-21(3)35-17-29(33-31(35)27-15-9-5-11-23(19)27)25-13-7-8-14-26(25)30-18-36-22(4)20(2)24-12-6-10-16-28(24)32(36)34-30/h5-18H,1-4H3. The number of benzene rings is 3. The lowest BCUT2D eigenvalue weighted by Crippen LogP contribution is -1.95. The number of aromatic nitrogens is 4. The summed E-state index contributed by atoms with van der Waals surface area (Å²) in [4.78, 5) is 10.3. The molecule has 4 heterocycles. The van der Waals surface area contributed by atoms with Crippen LogP contribution in [0.4, 0.5) is 0 Å². The average molecular weight is 467 g/mol. The Morgan fingerprint density at radius 2 is 0.833 bits per heavy atom. The summed E-state index contributed by atoms with van der Waals surface area (Å²) in [6.07, 6.45) is 4.34. The lowest BCUT2D eigenvalue weighted by molar-refractivity contribution is 1.08.